The summed E-state index contributed by atoms with van der Waals surface area (Å²) in [6, 6.07) is 9.71. The molecule has 130 valence electrons. The van der Waals surface area contributed by atoms with Gasteiger partial charge in [-0.05, 0) is 30.9 Å². The van der Waals surface area contributed by atoms with E-state index in [9.17, 15) is 4.79 Å². The van der Waals surface area contributed by atoms with Crippen LogP contribution < -0.4 is 10.9 Å². The van der Waals surface area contributed by atoms with Crippen LogP contribution in [0.15, 0.2) is 39.6 Å². The highest BCUT2D eigenvalue weighted by molar-refractivity contribution is 5.78. The Kier molecular flexibility index (Phi) is 4.33. The van der Waals surface area contributed by atoms with E-state index < -0.39 is 0 Å². The van der Waals surface area contributed by atoms with E-state index in [2.05, 4.69) is 20.4 Å². The number of pyridine rings is 1. The maximum Gasteiger partial charge on any atom is 0.256 e. The first-order chi connectivity index (χ1) is 12.2. The lowest BCUT2D eigenvalue weighted by molar-refractivity contribution is 0.0623. The molecule has 0 unspecified atom stereocenters. The summed E-state index contributed by atoms with van der Waals surface area (Å²) in [6.07, 6.45) is 0.747. The summed E-state index contributed by atoms with van der Waals surface area (Å²) in [6.45, 7) is 3.70. The van der Waals surface area contributed by atoms with E-state index in [0.29, 0.717) is 24.9 Å². The van der Waals surface area contributed by atoms with E-state index in [-0.39, 0.29) is 17.6 Å². The van der Waals surface area contributed by atoms with Crippen LogP contribution in [0.2, 0.25) is 0 Å². The molecule has 0 amide bonds. The van der Waals surface area contributed by atoms with Crippen LogP contribution in [0, 0.1) is 12.8 Å². The fraction of sp³-hybridized carbons (Fsp3) is 0.389. The first-order valence-corrected chi connectivity index (χ1v) is 8.44. The number of aromatic nitrogens is 3. The minimum atomic E-state index is -0.177. The Hall–Kier alpha value is -2.51. The standard InChI is InChI=1S/C18H20N4O3/c1-11-20-18(25-22-11)16-13(6-7-24-16)9-19-10-14-8-12-4-2-3-5-15(12)21-17(14)23/h2-5,8,13,16,19H,6-7,9-10H2,1H3,(H,21,23)/t13-,16-/m0/s1. The van der Waals surface area contributed by atoms with Crippen molar-refractivity contribution >= 4 is 10.9 Å². The van der Waals surface area contributed by atoms with E-state index in [1.165, 1.54) is 0 Å². The summed E-state index contributed by atoms with van der Waals surface area (Å²) < 4.78 is 11.0. The Balaban J connectivity index is 1.42. The fourth-order valence-electron chi connectivity index (χ4n) is 3.26. The average molecular weight is 340 g/mol. The van der Waals surface area contributed by atoms with Gasteiger partial charge in [0.2, 0.25) is 0 Å². The zero-order chi connectivity index (χ0) is 17.2. The van der Waals surface area contributed by atoms with Gasteiger partial charge in [0, 0.05) is 36.7 Å². The maximum absolute atomic E-state index is 12.2. The Morgan fingerprint density at radius 3 is 3.08 bits per heavy atom. The lowest BCUT2D eigenvalue weighted by Gasteiger charge is -2.15. The van der Waals surface area contributed by atoms with E-state index in [1.807, 2.05) is 30.3 Å². The molecule has 25 heavy (non-hydrogen) atoms. The highest BCUT2D eigenvalue weighted by atomic mass is 16.5. The number of hydrogen-bond donors (Lipinski definition) is 2. The van der Waals surface area contributed by atoms with Crippen molar-refractivity contribution in [1.29, 1.82) is 0 Å². The number of benzene rings is 1. The molecule has 3 heterocycles. The first-order valence-electron chi connectivity index (χ1n) is 8.44. The predicted octanol–water partition coefficient (Wildman–Crippen LogP) is 2.09. The molecule has 2 aromatic heterocycles. The SMILES string of the molecule is Cc1noc([C@H]2OCC[C@H]2CNCc2cc3ccccc3[nH]c2=O)n1. The molecule has 3 aromatic rings. The van der Waals surface area contributed by atoms with Crippen molar-refractivity contribution in [1.82, 2.24) is 20.4 Å². The molecule has 0 aliphatic carbocycles. The van der Waals surface area contributed by atoms with E-state index >= 15 is 0 Å². The van der Waals surface area contributed by atoms with Crippen molar-refractivity contribution in [2.75, 3.05) is 13.2 Å². The molecule has 0 bridgehead atoms. The molecule has 4 rings (SSSR count). The predicted molar refractivity (Wildman–Crippen MR) is 92.1 cm³/mol. The number of aryl methyl sites for hydroxylation is 1. The molecule has 2 atom stereocenters. The van der Waals surface area contributed by atoms with Gasteiger partial charge in [-0.25, -0.2) is 0 Å². The van der Waals surface area contributed by atoms with Gasteiger partial charge in [-0.15, -0.1) is 0 Å². The second-order valence-electron chi connectivity index (χ2n) is 6.36. The molecule has 1 fully saturated rings. The highest BCUT2D eigenvalue weighted by Gasteiger charge is 2.33. The number of fused-ring (bicyclic) bond motifs is 1. The molecule has 7 heteroatoms. The molecule has 0 saturated carbocycles. The van der Waals surface area contributed by atoms with Crippen LogP contribution in [0.5, 0.6) is 0 Å². The zero-order valence-electron chi connectivity index (χ0n) is 14.0. The molecule has 1 aliphatic rings. The van der Waals surface area contributed by atoms with Crippen molar-refractivity contribution in [3.63, 3.8) is 0 Å². The summed E-state index contributed by atoms with van der Waals surface area (Å²) in [5, 5.41) is 8.23. The number of hydrogen-bond acceptors (Lipinski definition) is 6. The second-order valence-corrected chi connectivity index (χ2v) is 6.36. The van der Waals surface area contributed by atoms with Crippen molar-refractivity contribution < 1.29 is 9.26 Å². The van der Waals surface area contributed by atoms with Gasteiger partial charge in [-0.1, -0.05) is 23.4 Å². The summed E-state index contributed by atoms with van der Waals surface area (Å²) in [4.78, 5) is 19.4. The summed E-state index contributed by atoms with van der Waals surface area (Å²) >= 11 is 0. The maximum atomic E-state index is 12.2. The van der Waals surface area contributed by atoms with Gasteiger partial charge in [0.05, 0.1) is 0 Å². The van der Waals surface area contributed by atoms with Crippen molar-refractivity contribution in [3.8, 4) is 0 Å². The molecule has 0 radical (unpaired) electrons. The van der Waals surface area contributed by atoms with Crippen molar-refractivity contribution in [2.45, 2.75) is 26.0 Å². The third-order valence-electron chi connectivity index (χ3n) is 4.55. The second kappa shape index (κ2) is 6.78. The average Bonchev–Trinajstić information content (AvgIpc) is 3.24. The molecule has 7 nitrogen and oxygen atoms in total. The largest absolute Gasteiger partial charge is 0.368 e. The van der Waals surface area contributed by atoms with Crippen LogP contribution in [-0.4, -0.2) is 28.3 Å². The van der Waals surface area contributed by atoms with Gasteiger partial charge in [0.1, 0.15) is 6.10 Å². The molecule has 1 aliphatic heterocycles. The van der Waals surface area contributed by atoms with Crippen molar-refractivity contribution in [3.05, 3.63) is 58.0 Å². The molecule has 0 spiro atoms. The van der Waals surface area contributed by atoms with E-state index in [1.54, 1.807) is 6.92 Å². The molecular weight excluding hydrogens is 320 g/mol. The summed E-state index contributed by atoms with van der Waals surface area (Å²) in [5.41, 5.74) is 1.52. The van der Waals surface area contributed by atoms with Gasteiger partial charge in [-0.3, -0.25) is 4.79 Å². The Labute approximate surface area is 144 Å². The molecule has 1 aromatic carbocycles. The van der Waals surface area contributed by atoms with Crippen LogP contribution >= 0.6 is 0 Å². The van der Waals surface area contributed by atoms with Crippen LogP contribution in [0.25, 0.3) is 10.9 Å². The smallest absolute Gasteiger partial charge is 0.256 e. The van der Waals surface area contributed by atoms with E-state index in [0.717, 1.165) is 29.4 Å². The number of rotatable bonds is 5. The van der Waals surface area contributed by atoms with Gasteiger partial charge >= 0.3 is 0 Å². The van der Waals surface area contributed by atoms with Gasteiger partial charge in [0.15, 0.2) is 5.82 Å². The fourth-order valence-corrected chi connectivity index (χ4v) is 3.26. The van der Waals surface area contributed by atoms with Crippen LogP contribution in [0.1, 0.15) is 29.8 Å². The number of nitrogens with zero attached hydrogens (tertiary/aromatic N) is 2. The minimum Gasteiger partial charge on any atom is -0.368 e. The normalized spacial score (nSPS) is 20.4. The lowest BCUT2D eigenvalue weighted by Crippen LogP contribution is -2.27. The topological polar surface area (TPSA) is 93.0 Å². The monoisotopic (exact) mass is 340 g/mol. The number of para-hydroxylation sites is 1. The number of nitrogens with one attached hydrogen (secondary N) is 2. The summed E-state index contributed by atoms with van der Waals surface area (Å²) in [5.74, 6) is 1.39. The Bertz CT molecular complexity index is 933. The minimum absolute atomic E-state index is 0.0575. The zero-order valence-corrected chi connectivity index (χ0v) is 14.0. The van der Waals surface area contributed by atoms with Crippen LogP contribution in [0.4, 0.5) is 0 Å². The van der Waals surface area contributed by atoms with Gasteiger partial charge in [0.25, 0.3) is 11.4 Å². The van der Waals surface area contributed by atoms with Gasteiger partial charge < -0.3 is 19.6 Å². The third-order valence-corrected chi connectivity index (χ3v) is 4.55. The lowest BCUT2D eigenvalue weighted by atomic mass is 10.0. The summed E-state index contributed by atoms with van der Waals surface area (Å²) in [7, 11) is 0. The molecular formula is C18H20N4O3. The molecule has 2 N–H and O–H groups in total. The third kappa shape index (κ3) is 3.33. The number of ether oxygens (including phenoxy) is 1. The van der Waals surface area contributed by atoms with Crippen LogP contribution in [0.3, 0.4) is 0 Å². The molecule has 1 saturated heterocycles. The Morgan fingerprint density at radius 1 is 1.36 bits per heavy atom. The number of aromatic amines is 1. The number of H-pyrrole nitrogens is 1. The first kappa shape index (κ1) is 16.0. The Morgan fingerprint density at radius 2 is 2.24 bits per heavy atom. The highest BCUT2D eigenvalue weighted by Crippen LogP contribution is 2.33. The quantitative estimate of drug-likeness (QED) is 0.739. The van der Waals surface area contributed by atoms with Crippen LogP contribution in [-0.2, 0) is 11.3 Å². The van der Waals surface area contributed by atoms with Gasteiger partial charge in [-0.2, -0.15) is 4.98 Å². The van der Waals surface area contributed by atoms with Crippen molar-refractivity contribution in [2.24, 2.45) is 5.92 Å². The van der Waals surface area contributed by atoms with E-state index in [4.69, 9.17) is 9.26 Å².